The number of hydrogen-bond acceptors (Lipinski definition) is 4. The molecule has 1 atom stereocenters. The fourth-order valence-electron chi connectivity index (χ4n) is 4.26. The summed E-state index contributed by atoms with van der Waals surface area (Å²) in [6.07, 6.45) is 2.53. The molecule has 2 aliphatic heterocycles. The lowest BCUT2D eigenvalue weighted by atomic mass is 9.94. The van der Waals surface area contributed by atoms with Crippen LogP contribution in [0.4, 0.5) is 0 Å². The van der Waals surface area contributed by atoms with Crippen LogP contribution >= 0.6 is 11.8 Å². The molecule has 1 aliphatic carbocycles. The molecule has 5 nitrogen and oxygen atoms in total. The minimum atomic E-state index is -0.164. The molecule has 0 N–H and O–H groups in total. The van der Waals surface area contributed by atoms with Gasteiger partial charge < -0.3 is 4.90 Å². The monoisotopic (exact) mass is 353 g/mol. The third-order valence-corrected chi connectivity index (χ3v) is 6.45. The van der Waals surface area contributed by atoms with Gasteiger partial charge in [0, 0.05) is 43.3 Å². The lowest BCUT2D eigenvalue weighted by Gasteiger charge is -2.19. The van der Waals surface area contributed by atoms with Crippen LogP contribution < -0.4 is 5.56 Å². The molecule has 1 saturated heterocycles. The molecule has 3 heterocycles. The van der Waals surface area contributed by atoms with Gasteiger partial charge >= 0.3 is 0 Å². The number of fused-ring (bicyclic) bond motifs is 4. The summed E-state index contributed by atoms with van der Waals surface area (Å²) in [5, 5.41) is 0.810. The average Bonchev–Trinajstić information content (AvgIpc) is 3.35. The molecule has 1 aromatic heterocycles. The largest absolute Gasteiger partial charge is 0.343 e. The maximum absolute atomic E-state index is 13.1. The van der Waals surface area contributed by atoms with E-state index >= 15 is 0 Å². The standard InChI is InChI=1S/C19H19N3O2S/c23-15(21-7-3-4-8-21)11-14-12-5-1-2-6-13(12)17-16(14)18(24)22-9-10-25-19(22)20-17/h1-2,5-6,14H,3-4,7-11H2. The maximum atomic E-state index is 13.1. The van der Waals surface area contributed by atoms with E-state index in [0.29, 0.717) is 13.0 Å². The number of aromatic nitrogens is 2. The Labute approximate surface area is 150 Å². The normalized spacial score (nSPS) is 20.5. The maximum Gasteiger partial charge on any atom is 0.258 e. The highest BCUT2D eigenvalue weighted by Crippen LogP contribution is 2.45. The number of hydrogen-bond donors (Lipinski definition) is 0. The first-order valence-electron chi connectivity index (χ1n) is 8.88. The lowest BCUT2D eigenvalue weighted by Crippen LogP contribution is -2.31. The van der Waals surface area contributed by atoms with Gasteiger partial charge in [-0.3, -0.25) is 14.2 Å². The molecular weight excluding hydrogens is 334 g/mol. The Morgan fingerprint density at radius 3 is 2.84 bits per heavy atom. The van der Waals surface area contributed by atoms with Gasteiger partial charge in [-0.05, 0) is 18.4 Å². The fraction of sp³-hybridized carbons (Fsp3) is 0.421. The molecule has 6 heteroatoms. The third kappa shape index (κ3) is 2.27. The van der Waals surface area contributed by atoms with Crippen LogP contribution in [-0.2, 0) is 11.3 Å². The second-order valence-electron chi connectivity index (χ2n) is 6.89. The predicted molar refractivity (Wildman–Crippen MR) is 96.9 cm³/mol. The summed E-state index contributed by atoms with van der Waals surface area (Å²) < 4.78 is 1.78. The first-order chi connectivity index (χ1) is 12.2. The van der Waals surface area contributed by atoms with Gasteiger partial charge in [0.2, 0.25) is 5.91 Å². The van der Waals surface area contributed by atoms with Crippen LogP contribution in [-0.4, -0.2) is 39.2 Å². The van der Waals surface area contributed by atoms with Gasteiger partial charge in [0.25, 0.3) is 5.56 Å². The van der Waals surface area contributed by atoms with Crippen molar-refractivity contribution in [2.24, 2.45) is 0 Å². The van der Waals surface area contributed by atoms with Crippen LogP contribution in [0.5, 0.6) is 0 Å². The van der Waals surface area contributed by atoms with Gasteiger partial charge in [0.15, 0.2) is 5.16 Å². The zero-order valence-electron chi connectivity index (χ0n) is 13.9. The van der Waals surface area contributed by atoms with Crippen LogP contribution in [0.3, 0.4) is 0 Å². The van der Waals surface area contributed by atoms with Crippen molar-refractivity contribution in [1.29, 1.82) is 0 Å². The molecule has 128 valence electrons. The smallest absolute Gasteiger partial charge is 0.258 e. The first-order valence-corrected chi connectivity index (χ1v) is 9.87. The number of thioether (sulfide) groups is 1. The van der Waals surface area contributed by atoms with E-state index in [-0.39, 0.29) is 17.4 Å². The molecule has 1 amide bonds. The molecular formula is C19H19N3O2S. The Morgan fingerprint density at radius 2 is 2.00 bits per heavy atom. The molecule has 3 aliphatic rings. The van der Waals surface area contributed by atoms with Crippen LogP contribution in [0, 0.1) is 0 Å². The Kier molecular flexibility index (Phi) is 3.48. The summed E-state index contributed by atoms with van der Waals surface area (Å²) >= 11 is 1.63. The summed E-state index contributed by atoms with van der Waals surface area (Å²) in [5.74, 6) is 0.886. The van der Waals surface area contributed by atoms with E-state index in [4.69, 9.17) is 4.98 Å². The molecule has 25 heavy (non-hydrogen) atoms. The Balaban J connectivity index is 1.62. The zero-order chi connectivity index (χ0) is 17.0. The molecule has 0 spiro atoms. The van der Waals surface area contributed by atoms with E-state index in [0.717, 1.165) is 59.2 Å². The first kappa shape index (κ1) is 15.2. The van der Waals surface area contributed by atoms with Crippen LogP contribution in [0.1, 0.15) is 36.3 Å². The van der Waals surface area contributed by atoms with E-state index in [2.05, 4.69) is 0 Å². The molecule has 0 bridgehead atoms. The van der Waals surface area contributed by atoms with Crippen molar-refractivity contribution in [1.82, 2.24) is 14.5 Å². The molecule has 5 rings (SSSR count). The van der Waals surface area contributed by atoms with Gasteiger partial charge in [0.05, 0.1) is 11.3 Å². The van der Waals surface area contributed by atoms with Crippen molar-refractivity contribution in [3.63, 3.8) is 0 Å². The van der Waals surface area contributed by atoms with Crippen LogP contribution in [0.2, 0.25) is 0 Å². The quantitative estimate of drug-likeness (QED) is 0.779. The van der Waals surface area contributed by atoms with Crippen molar-refractivity contribution < 1.29 is 4.79 Å². The average molecular weight is 353 g/mol. The number of amides is 1. The Hall–Kier alpha value is -2.08. The van der Waals surface area contributed by atoms with E-state index in [1.807, 2.05) is 29.2 Å². The summed E-state index contributed by atoms with van der Waals surface area (Å²) in [6.45, 7) is 2.40. The summed E-state index contributed by atoms with van der Waals surface area (Å²) in [7, 11) is 0. The van der Waals surface area contributed by atoms with E-state index in [1.165, 1.54) is 0 Å². The second-order valence-corrected chi connectivity index (χ2v) is 7.96. The van der Waals surface area contributed by atoms with E-state index < -0.39 is 0 Å². The number of likely N-dealkylation sites (tertiary alicyclic amines) is 1. The highest BCUT2D eigenvalue weighted by Gasteiger charge is 2.37. The molecule has 0 saturated carbocycles. The van der Waals surface area contributed by atoms with Crippen molar-refractivity contribution in [3.05, 3.63) is 45.7 Å². The number of carbonyl (C=O) groups excluding carboxylic acids is 1. The van der Waals surface area contributed by atoms with Gasteiger partial charge in [-0.15, -0.1) is 0 Å². The van der Waals surface area contributed by atoms with Gasteiger partial charge in [-0.25, -0.2) is 4.98 Å². The molecule has 2 aromatic rings. The Morgan fingerprint density at radius 1 is 1.20 bits per heavy atom. The van der Waals surface area contributed by atoms with Crippen LogP contribution in [0.25, 0.3) is 11.3 Å². The topological polar surface area (TPSA) is 55.2 Å². The second kappa shape index (κ2) is 5.73. The Bertz CT molecular complexity index is 931. The highest BCUT2D eigenvalue weighted by molar-refractivity contribution is 7.99. The predicted octanol–water partition coefficient (Wildman–Crippen LogP) is 2.47. The van der Waals surface area contributed by atoms with Crippen molar-refractivity contribution in [3.8, 4) is 11.3 Å². The third-order valence-electron chi connectivity index (χ3n) is 5.49. The number of nitrogens with zero attached hydrogens (tertiary/aromatic N) is 3. The van der Waals surface area contributed by atoms with Gasteiger partial charge in [-0.1, -0.05) is 36.0 Å². The van der Waals surface area contributed by atoms with Gasteiger partial charge in [0.1, 0.15) is 0 Å². The summed E-state index contributed by atoms with van der Waals surface area (Å²) in [6, 6.07) is 8.03. The SMILES string of the molecule is O=C(CC1c2ccccc2-c2nc3n(c(=O)c21)CCS3)N1CCCC1. The molecule has 1 aromatic carbocycles. The number of rotatable bonds is 2. The lowest BCUT2D eigenvalue weighted by molar-refractivity contribution is -0.130. The minimum absolute atomic E-state index is 0.0421. The molecule has 0 radical (unpaired) electrons. The molecule has 1 fully saturated rings. The van der Waals surface area contributed by atoms with Crippen molar-refractivity contribution in [2.45, 2.75) is 36.9 Å². The summed E-state index contributed by atoms with van der Waals surface area (Å²) in [4.78, 5) is 32.6. The van der Waals surface area contributed by atoms with Crippen molar-refractivity contribution >= 4 is 17.7 Å². The minimum Gasteiger partial charge on any atom is -0.343 e. The van der Waals surface area contributed by atoms with Crippen LogP contribution in [0.15, 0.2) is 34.2 Å². The highest BCUT2D eigenvalue weighted by atomic mass is 32.2. The molecule has 1 unspecified atom stereocenters. The fourth-order valence-corrected chi connectivity index (χ4v) is 5.20. The zero-order valence-corrected chi connectivity index (χ0v) is 14.7. The van der Waals surface area contributed by atoms with Gasteiger partial charge in [-0.2, -0.15) is 0 Å². The number of carbonyl (C=O) groups is 1. The van der Waals surface area contributed by atoms with Crippen molar-refractivity contribution in [2.75, 3.05) is 18.8 Å². The van der Waals surface area contributed by atoms with E-state index in [9.17, 15) is 9.59 Å². The summed E-state index contributed by atoms with van der Waals surface area (Å²) in [5.41, 5.74) is 3.65. The van der Waals surface area contributed by atoms with E-state index in [1.54, 1.807) is 16.3 Å². The number of benzene rings is 1.